The summed E-state index contributed by atoms with van der Waals surface area (Å²) in [6.45, 7) is 0.681. The van der Waals surface area contributed by atoms with Crippen LogP contribution in [0, 0.1) is 11.6 Å². The topological polar surface area (TPSA) is 26.3 Å². The lowest BCUT2D eigenvalue weighted by atomic mass is 9.98. The summed E-state index contributed by atoms with van der Waals surface area (Å²) >= 11 is 0. The van der Waals surface area contributed by atoms with Crippen molar-refractivity contribution in [3.63, 3.8) is 0 Å². The summed E-state index contributed by atoms with van der Waals surface area (Å²) in [6.07, 6.45) is 1.48. The Morgan fingerprint density at radius 3 is 2.67 bits per heavy atom. The van der Waals surface area contributed by atoms with Crippen LogP contribution in [-0.2, 0) is 12.8 Å². The van der Waals surface area contributed by atoms with Crippen molar-refractivity contribution in [3.05, 3.63) is 64.7 Å². The van der Waals surface area contributed by atoms with E-state index >= 15 is 0 Å². The Balaban J connectivity index is 1.86. The molecule has 0 aliphatic carbocycles. The van der Waals surface area contributed by atoms with Gasteiger partial charge in [-0.2, -0.15) is 0 Å². The number of carbonyl (C=O) groups is 1. The van der Waals surface area contributed by atoms with Crippen molar-refractivity contribution < 1.29 is 18.3 Å². The molecule has 2 nitrogen and oxygen atoms in total. The third-order valence-corrected chi connectivity index (χ3v) is 3.63. The highest BCUT2D eigenvalue weighted by atomic mass is 19.1. The Morgan fingerprint density at radius 1 is 1.14 bits per heavy atom. The first-order chi connectivity index (χ1) is 10.1. The van der Waals surface area contributed by atoms with Gasteiger partial charge in [-0.05, 0) is 48.7 Å². The van der Waals surface area contributed by atoms with Gasteiger partial charge in [-0.1, -0.05) is 6.07 Å². The van der Waals surface area contributed by atoms with Gasteiger partial charge in [0.15, 0.2) is 5.78 Å². The van der Waals surface area contributed by atoms with E-state index in [1.54, 1.807) is 18.2 Å². The maximum atomic E-state index is 13.6. The lowest BCUT2D eigenvalue weighted by molar-refractivity contribution is 0.0990. The number of hydrogen-bond acceptors (Lipinski definition) is 2. The van der Waals surface area contributed by atoms with Gasteiger partial charge in [-0.25, -0.2) is 8.78 Å². The van der Waals surface area contributed by atoms with Gasteiger partial charge in [-0.3, -0.25) is 4.79 Å². The Labute approximate surface area is 121 Å². The van der Waals surface area contributed by atoms with Gasteiger partial charge in [0, 0.05) is 17.5 Å². The predicted octanol–water partition coefficient (Wildman–Crippen LogP) is 3.72. The SMILES string of the molecule is O=C(Cc1c(F)cccc1F)c1ccc2c(c1)CCCO2. The lowest BCUT2D eigenvalue weighted by Gasteiger charge is -2.17. The third-order valence-electron chi connectivity index (χ3n) is 3.63. The van der Waals surface area contributed by atoms with E-state index in [4.69, 9.17) is 4.74 Å². The van der Waals surface area contributed by atoms with Crippen LogP contribution in [0.25, 0.3) is 0 Å². The Bertz CT molecular complexity index is 675. The first kappa shape index (κ1) is 13.7. The molecule has 0 spiro atoms. The zero-order chi connectivity index (χ0) is 14.8. The van der Waals surface area contributed by atoms with Gasteiger partial charge in [0.05, 0.1) is 6.61 Å². The molecule has 0 saturated carbocycles. The quantitative estimate of drug-likeness (QED) is 0.805. The number of ether oxygens (including phenoxy) is 1. The number of rotatable bonds is 3. The fourth-order valence-electron chi connectivity index (χ4n) is 2.50. The fourth-order valence-corrected chi connectivity index (χ4v) is 2.50. The van der Waals surface area contributed by atoms with Crippen LogP contribution in [0.1, 0.15) is 27.9 Å². The van der Waals surface area contributed by atoms with Crippen molar-refractivity contribution in [3.8, 4) is 5.75 Å². The average molecular weight is 288 g/mol. The van der Waals surface area contributed by atoms with Gasteiger partial charge >= 0.3 is 0 Å². The first-order valence-electron chi connectivity index (χ1n) is 6.87. The molecule has 2 aromatic rings. The highest BCUT2D eigenvalue weighted by Gasteiger charge is 2.17. The number of halogens is 2. The molecule has 21 heavy (non-hydrogen) atoms. The number of ketones is 1. The van der Waals surface area contributed by atoms with Crippen molar-refractivity contribution in [2.24, 2.45) is 0 Å². The maximum absolute atomic E-state index is 13.6. The second-order valence-corrected chi connectivity index (χ2v) is 5.07. The van der Waals surface area contributed by atoms with E-state index in [2.05, 4.69) is 0 Å². The highest BCUT2D eigenvalue weighted by molar-refractivity contribution is 5.97. The molecule has 0 radical (unpaired) electrons. The first-order valence-corrected chi connectivity index (χ1v) is 6.87. The van der Waals surface area contributed by atoms with E-state index in [0.29, 0.717) is 12.2 Å². The molecule has 1 aliphatic heterocycles. The summed E-state index contributed by atoms with van der Waals surface area (Å²) in [5.41, 5.74) is 1.25. The van der Waals surface area contributed by atoms with E-state index in [9.17, 15) is 13.6 Å². The molecule has 0 fully saturated rings. The minimum absolute atomic E-state index is 0.184. The number of carbonyl (C=O) groups excluding carboxylic acids is 1. The molecule has 0 saturated heterocycles. The van der Waals surface area contributed by atoms with E-state index in [1.807, 2.05) is 0 Å². The second-order valence-electron chi connectivity index (χ2n) is 5.07. The molecule has 1 aliphatic rings. The van der Waals surface area contributed by atoms with Crippen LogP contribution in [0.5, 0.6) is 5.75 Å². The number of fused-ring (bicyclic) bond motifs is 1. The van der Waals surface area contributed by atoms with Crippen molar-refractivity contribution in [1.29, 1.82) is 0 Å². The maximum Gasteiger partial charge on any atom is 0.167 e. The monoisotopic (exact) mass is 288 g/mol. The number of benzene rings is 2. The van der Waals surface area contributed by atoms with Gasteiger partial charge < -0.3 is 4.74 Å². The third kappa shape index (κ3) is 2.79. The lowest BCUT2D eigenvalue weighted by Crippen LogP contribution is -2.11. The minimum atomic E-state index is -0.690. The molecule has 0 N–H and O–H groups in total. The van der Waals surface area contributed by atoms with Gasteiger partial charge in [-0.15, -0.1) is 0 Å². The zero-order valence-electron chi connectivity index (χ0n) is 11.4. The van der Waals surface area contributed by atoms with Crippen LogP contribution < -0.4 is 4.74 Å². The summed E-state index contributed by atoms with van der Waals surface area (Å²) in [7, 11) is 0. The molecule has 0 unspecified atom stereocenters. The van der Waals surface area contributed by atoms with E-state index in [-0.39, 0.29) is 17.8 Å². The van der Waals surface area contributed by atoms with Crippen LogP contribution in [0.4, 0.5) is 8.78 Å². The minimum Gasteiger partial charge on any atom is -0.493 e. The molecule has 4 heteroatoms. The molecular formula is C17H14F2O2. The summed E-state index contributed by atoms with van der Waals surface area (Å²) < 4.78 is 32.7. The summed E-state index contributed by atoms with van der Waals surface area (Å²) in [6, 6.07) is 8.76. The molecule has 3 rings (SSSR count). The Morgan fingerprint density at radius 2 is 1.90 bits per heavy atom. The normalized spacial score (nSPS) is 13.4. The molecule has 0 atom stereocenters. The summed E-state index contributed by atoms with van der Waals surface area (Å²) in [5, 5.41) is 0. The van der Waals surface area contributed by atoms with Crippen molar-refractivity contribution in [2.45, 2.75) is 19.3 Å². The van der Waals surface area contributed by atoms with Crippen LogP contribution in [-0.4, -0.2) is 12.4 Å². The molecule has 0 amide bonds. The van der Waals surface area contributed by atoms with E-state index in [1.165, 1.54) is 6.07 Å². The second kappa shape index (κ2) is 5.64. The summed E-state index contributed by atoms with van der Waals surface area (Å²) in [4.78, 5) is 12.2. The average Bonchev–Trinajstić information content (AvgIpc) is 2.50. The van der Waals surface area contributed by atoms with Gasteiger partial charge in [0.25, 0.3) is 0 Å². The standard InChI is InChI=1S/C17H14F2O2/c18-14-4-1-5-15(19)13(14)10-16(20)11-6-7-17-12(9-11)3-2-8-21-17/h1,4-7,9H,2-3,8,10H2. The molecule has 0 bridgehead atoms. The van der Waals surface area contributed by atoms with E-state index < -0.39 is 11.6 Å². The largest absolute Gasteiger partial charge is 0.493 e. The van der Waals surface area contributed by atoms with Crippen LogP contribution >= 0.6 is 0 Å². The number of aryl methyl sites for hydroxylation is 1. The smallest absolute Gasteiger partial charge is 0.167 e. The van der Waals surface area contributed by atoms with Gasteiger partial charge in [0.2, 0.25) is 0 Å². The molecule has 108 valence electrons. The number of hydrogen-bond donors (Lipinski definition) is 0. The molecule has 0 aromatic heterocycles. The van der Waals surface area contributed by atoms with Crippen molar-refractivity contribution >= 4 is 5.78 Å². The van der Waals surface area contributed by atoms with Crippen LogP contribution in [0.15, 0.2) is 36.4 Å². The molecule has 1 heterocycles. The van der Waals surface area contributed by atoms with E-state index in [0.717, 1.165) is 36.3 Å². The molecular weight excluding hydrogens is 274 g/mol. The number of Topliss-reactive ketones (excluding diaryl/α,β-unsaturated/α-hetero) is 1. The van der Waals surface area contributed by atoms with Gasteiger partial charge in [0.1, 0.15) is 17.4 Å². The summed E-state index contributed by atoms with van der Waals surface area (Å²) in [5.74, 6) is -0.892. The fraction of sp³-hybridized carbons (Fsp3) is 0.235. The van der Waals surface area contributed by atoms with Crippen LogP contribution in [0.3, 0.4) is 0 Å². The molecule has 2 aromatic carbocycles. The predicted molar refractivity (Wildman–Crippen MR) is 74.7 cm³/mol. The Hall–Kier alpha value is -2.23. The Kier molecular flexibility index (Phi) is 3.69. The zero-order valence-corrected chi connectivity index (χ0v) is 11.4. The van der Waals surface area contributed by atoms with Crippen molar-refractivity contribution in [2.75, 3.05) is 6.61 Å². The van der Waals surface area contributed by atoms with Crippen molar-refractivity contribution in [1.82, 2.24) is 0 Å². The highest BCUT2D eigenvalue weighted by Crippen LogP contribution is 2.26. The van der Waals surface area contributed by atoms with Crippen LogP contribution in [0.2, 0.25) is 0 Å².